The third-order valence-corrected chi connectivity index (χ3v) is 3.54. The molecular weight excluding hydrogens is 222 g/mol. The van der Waals surface area contributed by atoms with Gasteiger partial charge in [0.05, 0.1) is 7.11 Å². The molecule has 3 heteroatoms. The Morgan fingerprint density at radius 3 is 2.56 bits per heavy atom. The average molecular weight is 240 g/mol. The van der Waals surface area contributed by atoms with Crippen LogP contribution in [0.25, 0.3) is 0 Å². The van der Waals surface area contributed by atoms with E-state index in [1.165, 1.54) is 5.56 Å². The molecule has 1 atom stereocenters. The molecule has 1 fully saturated rings. The highest BCUT2D eigenvalue weighted by atomic mass is 35.5. The van der Waals surface area contributed by atoms with Gasteiger partial charge in [-0.05, 0) is 30.0 Å². The number of halogens is 1. The Kier molecular flexibility index (Phi) is 2.89. The summed E-state index contributed by atoms with van der Waals surface area (Å²) in [7, 11) is 1.71. The molecule has 0 amide bonds. The molecule has 2 rings (SSSR count). The normalized spacial score (nSPS) is 22.7. The Hall–Kier alpha value is -0.730. The first-order valence-electron chi connectivity index (χ1n) is 5.53. The maximum absolute atomic E-state index is 6.11. The molecule has 2 nitrogen and oxygen atoms in total. The van der Waals surface area contributed by atoms with E-state index in [0.717, 1.165) is 22.9 Å². The van der Waals surface area contributed by atoms with Crippen molar-refractivity contribution in [3.63, 3.8) is 0 Å². The summed E-state index contributed by atoms with van der Waals surface area (Å²) >= 11 is 6.11. The fourth-order valence-corrected chi connectivity index (χ4v) is 2.67. The topological polar surface area (TPSA) is 21.3 Å². The van der Waals surface area contributed by atoms with Gasteiger partial charge >= 0.3 is 0 Å². The Morgan fingerprint density at radius 1 is 1.44 bits per heavy atom. The summed E-state index contributed by atoms with van der Waals surface area (Å²) in [4.78, 5) is 0. The maximum Gasteiger partial charge on any atom is 0.126 e. The zero-order valence-corrected chi connectivity index (χ0v) is 11.0. The predicted molar refractivity (Wildman–Crippen MR) is 67.3 cm³/mol. The smallest absolute Gasteiger partial charge is 0.126 e. The van der Waals surface area contributed by atoms with Gasteiger partial charge in [-0.2, -0.15) is 0 Å². The number of aryl methyl sites for hydroxylation is 1. The molecule has 1 N–H and O–H groups in total. The molecule has 1 unspecified atom stereocenters. The van der Waals surface area contributed by atoms with Gasteiger partial charge in [0.1, 0.15) is 5.75 Å². The van der Waals surface area contributed by atoms with Crippen molar-refractivity contribution in [1.29, 1.82) is 0 Å². The number of rotatable bonds is 2. The van der Waals surface area contributed by atoms with Crippen LogP contribution < -0.4 is 10.1 Å². The summed E-state index contributed by atoms with van der Waals surface area (Å²) in [6.45, 7) is 7.57. The van der Waals surface area contributed by atoms with Crippen LogP contribution in [-0.2, 0) is 0 Å². The van der Waals surface area contributed by atoms with Gasteiger partial charge in [0.15, 0.2) is 0 Å². The summed E-state index contributed by atoms with van der Waals surface area (Å²) in [6.07, 6.45) is 0. The lowest BCUT2D eigenvalue weighted by atomic mass is 9.73. The largest absolute Gasteiger partial charge is 0.496 e. The molecule has 1 aliphatic heterocycles. The molecule has 1 saturated heterocycles. The molecule has 88 valence electrons. The fraction of sp³-hybridized carbons (Fsp3) is 0.538. The van der Waals surface area contributed by atoms with E-state index in [2.05, 4.69) is 19.2 Å². The molecule has 0 spiro atoms. The highest BCUT2D eigenvalue weighted by Gasteiger charge is 2.40. The van der Waals surface area contributed by atoms with Crippen molar-refractivity contribution < 1.29 is 4.74 Å². The van der Waals surface area contributed by atoms with Gasteiger partial charge in [-0.1, -0.05) is 25.4 Å². The van der Waals surface area contributed by atoms with Crippen LogP contribution in [0.5, 0.6) is 5.75 Å². The molecule has 0 bridgehead atoms. The first-order chi connectivity index (χ1) is 7.45. The van der Waals surface area contributed by atoms with Crippen LogP contribution >= 0.6 is 11.6 Å². The first kappa shape index (κ1) is 11.7. The predicted octanol–water partition coefficient (Wildman–Crippen LogP) is 3.33. The van der Waals surface area contributed by atoms with Crippen molar-refractivity contribution in [2.75, 3.05) is 13.7 Å². The van der Waals surface area contributed by atoms with E-state index in [1.54, 1.807) is 7.11 Å². The Morgan fingerprint density at radius 2 is 2.12 bits per heavy atom. The van der Waals surface area contributed by atoms with Crippen LogP contribution in [0.3, 0.4) is 0 Å². The van der Waals surface area contributed by atoms with Gasteiger partial charge in [-0.15, -0.1) is 0 Å². The maximum atomic E-state index is 6.11. The molecule has 0 radical (unpaired) electrons. The lowest BCUT2D eigenvalue weighted by Crippen LogP contribution is -2.52. The van der Waals surface area contributed by atoms with E-state index in [-0.39, 0.29) is 5.41 Å². The molecular formula is C13H18ClNO. The number of nitrogens with one attached hydrogen (secondary N) is 1. The van der Waals surface area contributed by atoms with E-state index < -0.39 is 0 Å². The third-order valence-electron chi connectivity index (χ3n) is 3.33. The van der Waals surface area contributed by atoms with E-state index in [0.29, 0.717) is 6.04 Å². The van der Waals surface area contributed by atoms with Crippen molar-refractivity contribution in [1.82, 2.24) is 5.32 Å². The number of ether oxygens (including phenoxy) is 1. The molecule has 1 heterocycles. The van der Waals surface area contributed by atoms with Gasteiger partial charge < -0.3 is 10.1 Å². The van der Waals surface area contributed by atoms with E-state index in [4.69, 9.17) is 16.3 Å². The summed E-state index contributed by atoms with van der Waals surface area (Å²) in [6, 6.07) is 4.28. The average Bonchev–Trinajstić information content (AvgIpc) is 2.15. The Bertz CT molecular complexity index is 415. The van der Waals surface area contributed by atoms with Crippen LogP contribution in [-0.4, -0.2) is 13.7 Å². The molecule has 0 aromatic heterocycles. The third kappa shape index (κ3) is 1.80. The summed E-state index contributed by atoms with van der Waals surface area (Å²) in [5.74, 6) is 0.953. The van der Waals surface area contributed by atoms with Crippen molar-refractivity contribution >= 4 is 11.6 Å². The summed E-state index contributed by atoms with van der Waals surface area (Å²) < 4.78 is 5.48. The second-order valence-electron chi connectivity index (χ2n) is 5.15. The molecule has 1 aromatic carbocycles. The highest BCUT2D eigenvalue weighted by molar-refractivity contribution is 6.30. The molecule has 1 aromatic rings. The van der Waals surface area contributed by atoms with Crippen LogP contribution in [0.1, 0.15) is 31.0 Å². The van der Waals surface area contributed by atoms with Crippen LogP contribution in [0.15, 0.2) is 12.1 Å². The number of benzene rings is 1. The van der Waals surface area contributed by atoms with Gasteiger partial charge in [0.25, 0.3) is 0 Å². The number of methoxy groups -OCH3 is 1. The summed E-state index contributed by atoms with van der Waals surface area (Å²) in [5.41, 5.74) is 2.53. The van der Waals surface area contributed by atoms with E-state index >= 15 is 0 Å². The second kappa shape index (κ2) is 3.94. The fourth-order valence-electron chi connectivity index (χ4n) is 2.39. The van der Waals surface area contributed by atoms with Crippen molar-refractivity contribution in [2.24, 2.45) is 5.41 Å². The zero-order chi connectivity index (χ0) is 11.9. The van der Waals surface area contributed by atoms with Crippen molar-refractivity contribution in [3.05, 3.63) is 28.3 Å². The lowest BCUT2D eigenvalue weighted by molar-refractivity contribution is 0.125. The van der Waals surface area contributed by atoms with Crippen LogP contribution in [0.2, 0.25) is 5.02 Å². The number of hydrogen-bond acceptors (Lipinski definition) is 2. The van der Waals surface area contributed by atoms with Crippen LogP contribution in [0, 0.1) is 12.3 Å². The monoisotopic (exact) mass is 239 g/mol. The van der Waals surface area contributed by atoms with E-state index in [9.17, 15) is 0 Å². The molecule has 1 aliphatic rings. The quantitative estimate of drug-likeness (QED) is 0.855. The molecule has 0 saturated carbocycles. The SMILES string of the molecule is COc1c(C)cc(Cl)cc1C1NCC1(C)C. The zero-order valence-electron chi connectivity index (χ0n) is 10.2. The standard InChI is InChI=1S/C13H18ClNO/c1-8-5-9(14)6-10(11(8)16-4)12-13(2,3)7-15-12/h5-6,12,15H,7H2,1-4H3. The number of hydrogen-bond donors (Lipinski definition) is 1. The van der Waals surface area contributed by atoms with Crippen molar-refractivity contribution in [3.8, 4) is 5.75 Å². The minimum atomic E-state index is 0.268. The minimum Gasteiger partial charge on any atom is -0.496 e. The first-order valence-corrected chi connectivity index (χ1v) is 5.91. The lowest BCUT2D eigenvalue weighted by Gasteiger charge is -2.46. The molecule has 16 heavy (non-hydrogen) atoms. The van der Waals surface area contributed by atoms with Crippen molar-refractivity contribution in [2.45, 2.75) is 26.8 Å². The Balaban J connectivity index is 2.47. The van der Waals surface area contributed by atoms with Gasteiger partial charge in [0, 0.05) is 23.2 Å². The van der Waals surface area contributed by atoms with Gasteiger partial charge in [0.2, 0.25) is 0 Å². The van der Waals surface area contributed by atoms with Crippen LogP contribution in [0.4, 0.5) is 0 Å². The van der Waals surface area contributed by atoms with Gasteiger partial charge in [-0.3, -0.25) is 0 Å². The highest BCUT2D eigenvalue weighted by Crippen LogP contribution is 2.45. The Labute approximate surface area is 102 Å². The molecule has 0 aliphatic carbocycles. The van der Waals surface area contributed by atoms with E-state index in [1.807, 2.05) is 19.1 Å². The second-order valence-corrected chi connectivity index (χ2v) is 5.58. The minimum absolute atomic E-state index is 0.268. The van der Waals surface area contributed by atoms with Gasteiger partial charge in [-0.25, -0.2) is 0 Å². The summed E-state index contributed by atoms with van der Waals surface area (Å²) in [5, 5.41) is 4.22.